The first kappa shape index (κ1) is 15.1. The van der Waals surface area contributed by atoms with Crippen LogP contribution in [0.3, 0.4) is 0 Å². The Labute approximate surface area is 134 Å². The molecule has 3 aromatic rings. The first-order chi connectivity index (χ1) is 11.0. The molecule has 0 spiro atoms. The number of rotatable bonds is 4. The maximum absolute atomic E-state index is 13.7. The number of carbonyl (C=O) groups is 2. The maximum atomic E-state index is 13.7. The molecule has 0 radical (unpaired) electrons. The standard InChI is InChI=1S/C16H11FN2O3S/c17-11-3-1-2-9-4-6-12(19-14(9)11)15(20)18-8-10-5-7-13(23-10)16(21)22/h1-7H,8H2,(H,18,20)(H,21,22). The van der Waals surface area contributed by atoms with E-state index in [0.29, 0.717) is 10.3 Å². The van der Waals surface area contributed by atoms with Gasteiger partial charge in [-0.2, -0.15) is 0 Å². The van der Waals surface area contributed by atoms with Crippen molar-refractivity contribution in [2.75, 3.05) is 0 Å². The van der Waals surface area contributed by atoms with Crippen LogP contribution in [-0.2, 0) is 6.54 Å². The highest BCUT2D eigenvalue weighted by molar-refractivity contribution is 7.13. The van der Waals surface area contributed by atoms with Gasteiger partial charge in [0.15, 0.2) is 0 Å². The van der Waals surface area contributed by atoms with E-state index in [9.17, 15) is 14.0 Å². The van der Waals surface area contributed by atoms with E-state index in [-0.39, 0.29) is 22.6 Å². The Balaban J connectivity index is 1.75. The van der Waals surface area contributed by atoms with Gasteiger partial charge in [-0.3, -0.25) is 4.79 Å². The lowest BCUT2D eigenvalue weighted by atomic mass is 10.2. The molecular formula is C16H11FN2O3S. The summed E-state index contributed by atoms with van der Waals surface area (Å²) in [6.45, 7) is 0.188. The Morgan fingerprint density at radius 2 is 2.00 bits per heavy atom. The average molecular weight is 330 g/mol. The Morgan fingerprint density at radius 1 is 1.17 bits per heavy atom. The number of nitrogens with zero attached hydrogens (tertiary/aromatic N) is 1. The summed E-state index contributed by atoms with van der Waals surface area (Å²) in [6, 6.07) is 10.9. The molecule has 5 nitrogen and oxygen atoms in total. The van der Waals surface area contributed by atoms with E-state index < -0.39 is 17.7 Å². The summed E-state index contributed by atoms with van der Waals surface area (Å²) >= 11 is 1.09. The van der Waals surface area contributed by atoms with Crippen molar-refractivity contribution in [1.82, 2.24) is 10.3 Å². The number of thiophene rings is 1. The van der Waals surface area contributed by atoms with Crippen LogP contribution in [0.2, 0.25) is 0 Å². The lowest BCUT2D eigenvalue weighted by Gasteiger charge is -2.05. The minimum Gasteiger partial charge on any atom is -0.477 e. The zero-order chi connectivity index (χ0) is 16.4. The molecule has 0 aliphatic heterocycles. The molecule has 23 heavy (non-hydrogen) atoms. The van der Waals surface area contributed by atoms with Crippen LogP contribution in [0.4, 0.5) is 4.39 Å². The van der Waals surface area contributed by atoms with Gasteiger partial charge in [0, 0.05) is 10.3 Å². The van der Waals surface area contributed by atoms with Gasteiger partial charge in [0.05, 0.1) is 6.54 Å². The molecule has 0 fully saturated rings. The highest BCUT2D eigenvalue weighted by atomic mass is 32.1. The number of carboxylic acids is 1. The number of carboxylic acid groups (broad SMARTS) is 1. The van der Waals surface area contributed by atoms with E-state index in [4.69, 9.17) is 5.11 Å². The van der Waals surface area contributed by atoms with Crippen molar-refractivity contribution < 1.29 is 19.1 Å². The maximum Gasteiger partial charge on any atom is 0.345 e. The first-order valence-electron chi connectivity index (χ1n) is 6.70. The summed E-state index contributed by atoms with van der Waals surface area (Å²) in [5, 5.41) is 12.1. The van der Waals surface area contributed by atoms with Gasteiger partial charge in [0.25, 0.3) is 5.91 Å². The molecular weight excluding hydrogens is 319 g/mol. The van der Waals surface area contributed by atoms with Crippen LogP contribution in [-0.4, -0.2) is 22.0 Å². The summed E-state index contributed by atoms with van der Waals surface area (Å²) in [7, 11) is 0. The molecule has 7 heteroatoms. The number of aromatic nitrogens is 1. The van der Waals surface area contributed by atoms with Gasteiger partial charge >= 0.3 is 5.97 Å². The van der Waals surface area contributed by atoms with Crippen LogP contribution in [0, 0.1) is 5.82 Å². The molecule has 2 N–H and O–H groups in total. The number of aromatic carboxylic acids is 1. The predicted octanol–water partition coefficient (Wildman–Crippen LogP) is 3.06. The minimum atomic E-state index is -1.00. The third kappa shape index (κ3) is 3.19. The van der Waals surface area contributed by atoms with E-state index in [1.165, 1.54) is 18.2 Å². The topological polar surface area (TPSA) is 79.3 Å². The van der Waals surface area contributed by atoms with Gasteiger partial charge in [0.2, 0.25) is 0 Å². The van der Waals surface area contributed by atoms with E-state index in [2.05, 4.69) is 10.3 Å². The van der Waals surface area contributed by atoms with E-state index in [1.807, 2.05) is 0 Å². The van der Waals surface area contributed by atoms with Crippen molar-refractivity contribution in [1.29, 1.82) is 0 Å². The number of benzene rings is 1. The van der Waals surface area contributed by atoms with Gasteiger partial charge in [-0.1, -0.05) is 18.2 Å². The van der Waals surface area contributed by atoms with Gasteiger partial charge in [-0.25, -0.2) is 14.2 Å². The molecule has 0 saturated heterocycles. The van der Waals surface area contributed by atoms with Crippen LogP contribution < -0.4 is 5.32 Å². The lowest BCUT2D eigenvalue weighted by Crippen LogP contribution is -2.23. The highest BCUT2D eigenvalue weighted by Gasteiger charge is 2.11. The molecule has 0 saturated carbocycles. The fraction of sp³-hybridized carbons (Fsp3) is 0.0625. The lowest BCUT2D eigenvalue weighted by molar-refractivity contribution is 0.0702. The number of pyridine rings is 1. The third-order valence-electron chi connectivity index (χ3n) is 3.20. The number of para-hydroxylation sites is 1. The van der Waals surface area contributed by atoms with Crippen molar-refractivity contribution in [3.63, 3.8) is 0 Å². The van der Waals surface area contributed by atoms with E-state index >= 15 is 0 Å². The summed E-state index contributed by atoms with van der Waals surface area (Å²) in [4.78, 5) is 27.9. The molecule has 0 aliphatic carbocycles. The summed E-state index contributed by atoms with van der Waals surface area (Å²) in [5.41, 5.74) is 0.252. The number of amides is 1. The number of hydrogen-bond acceptors (Lipinski definition) is 4. The first-order valence-corrected chi connectivity index (χ1v) is 7.52. The van der Waals surface area contributed by atoms with Gasteiger partial charge in [-0.05, 0) is 24.3 Å². The van der Waals surface area contributed by atoms with Crippen molar-refractivity contribution in [2.45, 2.75) is 6.54 Å². The second-order valence-electron chi connectivity index (χ2n) is 4.76. The van der Waals surface area contributed by atoms with Gasteiger partial charge < -0.3 is 10.4 Å². The Kier molecular flexibility index (Phi) is 4.03. The highest BCUT2D eigenvalue weighted by Crippen LogP contribution is 2.17. The summed E-state index contributed by atoms with van der Waals surface area (Å²) in [6.07, 6.45) is 0. The Bertz CT molecular complexity index is 907. The molecule has 1 aromatic carbocycles. The van der Waals surface area contributed by atoms with Crippen molar-refractivity contribution in [2.24, 2.45) is 0 Å². The molecule has 1 amide bonds. The second kappa shape index (κ2) is 6.13. The van der Waals surface area contributed by atoms with Crippen LogP contribution in [0.15, 0.2) is 42.5 Å². The normalized spacial score (nSPS) is 10.7. The monoisotopic (exact) mass is 330 g/mol. The molecule has 0 unspecified atom stereocenters. The quantitative estimate of drug-likeness (QED) is 0.770. The smallest absolute Gasteiger partial charge is 0.345 e. The molecule has 0 atom stereocenters. The fourth-order valence-electron chi connectivity index (χ4n) is 2.08. The second-order valence-corrected chi connectivity index (χ2v) is 5.93. The van der Waals surface area contributed by atoms with Crippen molar-refractivity contribution in [3.05, 3.63) is 63.7 Å². The van der Waals surface area contributed by atoms with Crippen molar-refractivity contribution >= 4 is 34.1 Å². The Hall–Kier alpha value is -2.80. The summed E-state index contributed by atoms with van der Waals surface area (Å²) in [5.74, 6) is -1.93. The number of nitrogens with one attached hydrogen (secondary N) is 1. The van der Waals surface area contributed by atoms with Crippen LogP contribution >= 0.6 is 11.3 Å². The largest absolute Gasteiger partial charge is 0.477 e. The van der Waals surface area contributed by atoms with E-state index in [0.717, 1.165) is 11.3 Å². The molecule has 2 aromatic heterocycles. The molecule has 2 heterocycles. The number of fused-ring (bicyclic) bond motifs is 1. The number of halogens is 1. The van der Waals surface area contributed by atoms with Crippen molar-refractivity contribution in [3.8, 4) is 0 Å². The van der Waals surface area contributed by atoms with Crippen LogP contribution in [0.5, 0.6) is 0 Å². The predicted molar refractivity (Wildman–Crippen MR) is 84.1 cm³/mol. The number of hydrogen-bond donors (Lipinski definition) is 2. The zero-order valence-corrected chi connectivity index (χ0v) is 12.6. The zero-order valence-electron chi connectivity index (χ0n) is 11.7. The van der Waals surface area contributed by atoms with Crippen LogP contribution in [0.1, 0.15) is 25.0 Å². The molecule has 0 bridgehead atoms. The van der Waals surface area contributed by atoms with E-state index in [1.54, 1.807) is 24.3 Å². The minimum absolute atomic E-state index is 0.109. The molecule has 3 rings (SSSR count). The average Bonchev–Trinajstić information content (AvgIpc) is 3.02. The molecule has 116 valence electrons. The van der Waals surface area contributed by atoms with Crippen LogP contribution in [0.25, 0.3) is 10.9 Å². The van der Waals surface area contributed by atoms with Gasteiger partial charge in [-0.15, -0.1) is 11.3 Å². The fourth-order valence-corrected chi connectivity index (χ4v) is 2.87. The SMILES string of the molecule is O=C(NCc1ccc(C(=O)O)s1)c1ccc2cccc(F)c2n1. The number of carbonyl (C=O) groups excluding carboxylic acids is 1. The third-order valence-corrected chi connectivity index (χ3v) is 4.27. The summed E-state index contributed by atoms with van der Waals surface area (Å²) < 4.78 is 13.7. The Morgan fingerprint density at radius 3 is 2.74 bits per heavy atom. The van der Waals surface area contributed by atoms with Gasteiger partial charge in [0.1, 0.15) is 21.9 Å². The molecule has 0 aliphatic rings.